The lowest BCUT2D eigenvalue weighted by atomic mass is 10.2. The molecular weight excluding hydrogens is 296 g/mol. The zero-order valence-corrected chi connectivity index (χ0v) is 11.4. The van der Waals surface area contributed by atoms with Gasteiger partial charge in [0.15, 0.2) is 0 Å². The molecule has 0 bridgehead atoms. The van der Waals surface area contributed by atoms with Gasteiger partial charge in [-0.2, -0.15) is 0 Å². The molecule has 0 atom stereocenters. The number of amides is 2. The predicted octanol–water partition coefficient (Wildman–Crippen LogP) is 3.39. The molecule has 0 radical (unpaired) electrons. The van der Waals surface area contributed by atoms with Crippen LogP contribution in [0.1, 0.15) is 10.4 Å². The van der Waals surface area contributed by atoms with Gasteiger partial charge in [0.2, 0.25) is 0 Å². The Morgan fingerprint density at radius 3 is 2.10 bits per heavy atom. The van der Waals surface area contributed by atoms with Crippen LogP contribution in [0.3, 0.4) is 0 Å². The maximum atomic E-state index is 11.7. The van der Waals surface area contributed by atoms with Gasteiger partial charge >= 0.3 is 12.0 Å². The van der Waals surface area contributed by atoms with Crippen molar-refractivity contribution in [3.8, 4) is 5.75 Å². The minimum absolute atomic E-state index is 0.237. The number of carbonyl (C=O) groups excluding carboxylic acids is 1. The number of aromatic hydroxyl groups is 1. The van der Waals surface area contributed by atoms with E-state index >= 15 is 0 Å². The standard InChI is InChI=1S/C14H11ClN2O4/c15-8-1-3-9(4-2-8)16-14(21)17-10-5-6-11(13(19)20)12(18)7-10/h1-7,18H,(H,19,20)(H2,16,17,21). The number of aromatic carboxylic acids is 1. The molecule has 0 aliphatic carbocycles. The summed E-state index contributed by atoms with van der Waals surface area (Å²) in [5.74, 6) is -1.67. The Morgan fingerprint density at radius 1 is 0.952 bits per heavy atom. The fraction of sp³-hybridized carbons (Fsp3) is 0. The summed E-state index contributed by atoms with van der Waals surface area (Å²) >= 11 is 5.73. The van der Waals surface area contributed by atoms with Gasteiger partial charge in [-0.25, -0.2) is 9.59 Å². The normalized spacial score (nSPS) is 9.95. The number of halogens is 1. The first kappa shape index (κ1) is 14.7. The third-order valence-corrected chi connectivity index (χ3v) is 2.84. The zero-order chi connectivity index (χ0) is 15.4. The number of carboxylic acid groups (broad SMARTS) is 1. The number of anilines is 2. The van der Waals surface area contributed by atoms with Crippen LogP contribution in [0.2, 0.25) is 5.02 Å². The summed E-state index contributed by atoms with van der Waals surface area (Å²) < 4.78 is 0. The van der Waals surface area contributed by atoms with Gasteiger partial charge in [-0.1, -0.05) is 11.6 Å². The van der Waals surface area contributed by atoms with E-state index in [2.05, 4.69) is 10.6 Å². The number of phenols is 1. The highest BCUT2D eigenvalue weighted by molar-refractivity contribution is 6.30. The van der Waals surface area contributed by atoms with Gasteiger partial charge in [0.25, 0.3) is 0 Å². The van der Waals surface area contributed by atoms with Crippen LogP contribution in [0.5, 0.6) is 5.75 Å². The molecule has 0 aliphatic heterocycles. The molecule has 0 unspecified atom stereocenters. The molecular formula is C14H11ClN2O4. The second kappa shape index (κ2) is 6.15. The van der Waals surface area contributed by atoms with Crippen LogP contribution < -0.4 is 10.6 Å². The Kier molecular flexibility index (Phi) is 4.30. The Labute approximate surface area is 125 Å². The number of nitrogens with one attached hydrogen (secondary N) is 2. The van der Waals surface area contributed by atoms with Crippen molar-refractivity contribution < 1.29 is 19.8 Å². The van der Waals surface area contributed by atoms with E-state index in [1.165, 1.54) is 12.1 Å². The summed E-state index contributed by atoms with van der Waals surface area (Å²) in [5.41, 5.74) is 0.575. The summed E-state index contributed by atoms with van der Waals surface area (Å²) in [7, 11) is 0. The monoisotopic (exact) mass is 306 g/mol. The van der Waals surface area contributed by atoms with Crippen LogP contribution in [0.15, 0.2) is 42.5 Å². The van der Waals surface area contributed by atoms with Crippen molar-refractivity contribution in [3.05, 3.63) is 53.1 Å². The van der Waals surface area contributed by atoms with Crippen LogP contribution in [-0.2, 0) is 0 Å². The van der Waals surface area contributed by atoms with Crippen molar-refractivity contribution in [3.63, 3.8) is 0 Å². The summed E-state index contributed by atoms with van der Waals surface area (Å²) in [6, 6.07) is 9.74. The van der Waals surface area contributed by atoms with E-state index in [4.69, 9.17) is 16.7 Å². The molecule has 2 aromatic carbocycles. The topological polar surface area (TPSA) is 98.7 Å². The van der Waals surface area contributed by atoms with E-state index in [0.717, 1.165) is 6.07 Å². The molecule has 2 amide bonds. The Hall–Kier alpha value is -2.73. The summed E-state index contributed by atoms with van der Waals surface area (Å²) in [6.45, 7) is 0. The van der Waals surface area contributed by atoms with Crippen LogP contribution in [0.4, 0.5) is 16.2 Å². The minimum Gasteiger partial charge on any atom is -0.507 e. The molecule has 0 aromatic heterocycles. The molecule has 0 aliphatic rings. The first-order chi connectivity index (χ1) is 9.95. The average Bonchev–Trinajstić information content (AvgIpc) is 2.41. The molecule has 7 heteroatoms. The van der Waals surface area contributed by atoms with Crippen molar-refractivity contribution in [2.75, 3.05) is 10.6 Å². The highest BCUT2D eigenvalue weighted by Crippen LogP contribution is 2.22. The highest BCUT2D eigenvalue weighted by atomic mass is 35.5. The van der Waals surface area contributed by atoms with Gasteiger partial charge < -0.3 is 20.8 Å². The number of hydrogen-bond acceptors (Lipinski definition) is 3. The maximum Gasteiger partial charge on any atom is 0.339 e. The molecule has 0 heterocycles. The van der Waals surface area contributed by atoms with E-state index in [1.807, 2.05) is 0 Å². The predicted molar refractivity (Wildman–Crippen MR) is 79.2 cm³/mol. The summed E-state index contributed by atoms with van der Waals surface area (Å²) in [4.78, 5) is 22.5. The van der Waals surface area contributed by atoms with E-state index in [1.54, 1.807) is 24.3 Å². The van der Waals surface area contributed by atoms with E-state index in [-0.39, 0.29) is 11.3 Å². The van der Waals surface area contributed by atoms with Gasteiger partial charge in [-0.3, -0.25) is 0 Å². The first-order valence-corrected chi connectivity index (χ1v) is 6.23. The summed E-state index contributed by atoms with van der Waals surface area (Å²) in [5, 5.41) is 23.9. The number of carbonyl (C=O) groups is 2. The lowest BCUT2D eigenvalue weighted by Gasteiger charge is -2.08. The van der Waals surface area contributed by atoms with Crippen molar-refractivity contribution >= 4 is 35.0 Å². The molecule has 21 heavy (non-hydrogen) atoms. The van der Waals surface area contributed by atoms with E-state index < -0.39 is 17.7 Å². The van der Waals surface area contributed by atoms with Gasteiger partial charge in [-0.05, 0) is 36.4 Å². The van der Waals surface area contributed by atoms with Crippen molar-refractivity contribution in [2.24, 2.45) is 0 Å². The Balaban J connectivity index is 2.04. The molecule has 2 aromatic rings. The molecule has 0 fully saturated rings. The second-order valence-electron chi connectivity index (χ2n) is 4.12. The number of benzene rings is 2. The van der Waals surface area contributed by atoms with Crippen molar-refractivity contribution in [1.29, 1.82) is 0 Å². The van der Waals surface area contributed by atoms with Gasteiger partial charge in [0.1, 0.15) is 11.3 Å². The van der Waals surface area contributed by atoms with Crippen molar-refractivity contribution in [2.45, 2.75) is 0 Å². The molecule has 2 rings (SSSR count). The number of carboxylic acids is 1. The minimum atomic E-state index is -1.25. The Morgan fingerprint density at radius 2 is 1.52 bits per heavy atom. The van der Waals surface area contributed by atoms with Crippen LogP contribution in [-0.4, -0.2) is 22.2 Å². The molecule has 0 spiro atoms. The third-order valence-electron chi connectivity index (χ3n) is 2.59. The second-order valence-corrected chi connectivity index (χ2v) is 4.56. The van der Waals surface area contributed by atoms with E-state index in [0.29, 0.717) is 10.7 Å². The lowest BCUT2D eigenvalue weighted by Crippen LogP contribution is -2.19. The molecule has 6 nitrogen and oxygen atoms in total. The van der Waals surface area contributed by atoms with Crippen LogP contribution in [0.25, 0.3) is 0 Å². The third kappa shape index (κ3) is 3.87. The maximum absolute atomic E-state index is 11.7. The molecule has 0 saturated carbocycles. The van der Waals surface area contributed by atoms with Crippen LogP contribution >= 0.6 is 11.6 Å². The fourth-order valence-corrected chi connectivity index (χ4v) is 1.74. The van der Waals surface area contributed by atoms with Gasteiger partial charge in [0, 0.05) is 22.5 Å². The van der Waals surface area contributed by atoms with E-state index in [9.17, 15) is 14.7 Å². The highest BCUT2D eigenvalue weighted by Gasteiger charge is 2.11. The largest absolute Gasteiger partial charge is 0.507 e. The lowest BCUT2D eigenvalue weighted by molar-refractivity contribution is 0.0694. The SMILES string of the molecule is O=C(Nc1ccc(Cl)cc1)Nc1ccc(C(=O)O)c(O)c1. The smallest absolute Gasteiger partial charge is 0.339 e. The van der Waals surface area contributed by atoms with Gasteiger partial charge in [-0.15, -0.1) is 0 Å². The first-order valence-electron chi connectivity index (χ1n) is 5.85. The van der Waals surface area contributed by atoms with Crippen LogP contribution in [0, 0.1) is 0 Å². The molecule has 0 saturated heterocycles. The fourth-order valence-electron chi connectivity index (χ4n) is 1.62. The van der Waals surface area contributed by atoms with Crippen molar-refractivity contribution in [1.82, 2.24) is 0 Å². The molecule has 4 N–H and O–H groups in total. The number of urea groups is 1. The van der Waals surface area contributed by atoms with Gasteiger partial charge in [0.05, 0.1) is 0 Å². The zero-order valence-electron chi connectivity index (χ0n) is 10.6. The number of rotatable bonds is 3. The molecule has 108 valence electrons. The number of hydrogen-bond donors (Lipinski definition) is 4. The average molecular weight is 307 g/mol. The Bertz CT molecular complexity index is 686. The summed E-state index contributed by atoms with van der Waals surface area (Å²) in [6.07, 6.45) is 0. The quantitative estimate of drug-likeness (QED) is 0.698.